The van der Waals surface area contributed by atoms with Gasteiger partial charge in [0.2, 0.25) is 0 Å². The Labute approximate surface area is 209 Å². The van der Waals surface area contributed by atoms with E-state index in [1.807, 2.05) is 38.1 Å². The zero-order valence-corrected chi connectivity index (χ0v) is 21.7. The van der Waals surface area contributed by atoms with Crippen molar-refractivity contribution in [1.29, 1.82) is 0 Å². The molecular weight excluding hydrogens is 464 g/mol. The van der Waals surface area contributed by atoms with Gasteiger partial charge in [-0.2, -0.15) is 0 Å². The molecule has 2 heterocycles. The smallest absolute Gasteiger partial charge is 0.414 e. The molecule has 2 aromatic rings. The van der Waals surface area contributed by atoms with Crippen LogP contribution >= 0.6 is 0 Å². The highest BCUT2D eigenvalue weighted by Crippen LogP contribution is 2.33. The number of benzene rings is 2. The summed E-state index contributed by atoms with van der Waals surface area (Å²) in [5.74, 6) is 0.492. The van der Waals surface area contributed by atoms with Crippen LogP contribution in [-0.4, -0.2) is 47.4 Å². The van der Waals surface area contributed by atoms with Crippen molar-refractivity contribution in [3.05, 3.63) is 53.6 Å². The summed E-state index contributed by atoms with van der Waals surface area (Å²) in [5, 5.41) is 0. The fraction of sp³-hybridized carbons (Fsp3) is 0.519. The van der Waals surface area contributed by atoms with Crippen molar-refractivity contribution >= 4 is 27.5 Å². The summed E-state index contributed by atoms with van der Waals surface area (Å²) in [6.45, 7) is 8.78. The number of nitrogens with zero attached hydrogens (tertiary/aromatic N) is 2. The first-order chi connectivity index (χ1) is 16.8. The van der Waals surface area contributed by atoms with E-state index in [9.17, 15) is 13.2 Å². The van der Waals surface area contributed by atoms with E-state index in [2.05, 4.69) is 6.92 Å². The second-order valence-electron chi connectivity index (χ2n) is 9.77. The Balaban J connectivity index is 1.53. The van der Waals surface area contributed by atoms with Crippen LogP contribution in [0.1, 0.15) is 44.7 Å². The lowest BCUT2D eigenvalue weighted by Crippen LogP contribution is -2.34. The molecule has 0 saturated carbocycles. The van der Waals surface area contributed by atoms with Crippen molar-refractivity contribution in [1.82, 2.24) is 0 Å². The zero-order chi connectivity index (χ0) is 25.0. The zero-order valence-electron chi connectivity index (χ0n) is 20.9. The third-order valence-electron chi connectivity index (χ3n) is 6.70. The standard InChI is InChI=1S/C27H36N2O5S/c1-4-21-5-7-24(8-6-21)29(18-20(2)3)35(31,32)25-9-10-26-23(17-25)11-14-28(26)27(30)34-19-22-12-15-33-16-13-22/h5-10,17,20,22H,4,11-16,18-19H2,1-3H3. The van der Waals surface area contributed by atoms with Gasteiger partial charge >= 0.3 is 6.09 Å². The molecule has 0 unspecified atom stereocenters. The molecule has 1 fully saturated rings. The van der Waals surface area contributed by atoms with Gasteiger partial charge in [-0.3, -0.25) is 9.21 Å². The Bertz CT molecular complexity index is 1120. The van der Waals surface area contributed by atoms with E-state index < -0.39 is 10.0 Å². The number of carbonyl (C=O) groups excluding carboxylic acids is 1. The summed E-state index contributed by atoms with van der Waals surface area (Å²) in [6, 6.07) is 12.8. The summed E-state index contributed by atoms with van der Waals surface area (Å²) >= 11 is 0. The van der Waals surface area contributed by atoms with Crippen molar-refractivity contribution in [3.8, 4) is 0 Å². The number of ether oxygens (including phenoxy) is 2. The van der Waals surface area contributed by atoms with E-state index in [4.69, 9.17) is 9.47 Å². The molecule has 0 atom stereocenters. The van der Waals surface area contributed by atoms with Crippen molar-refractivity contribution in [2.24, 2.45) is 11.8 Å². The van der Waals surface area contributed by atoms with E-state index in [-0.39, 0.29) is 16.9 Å². The molecule has 0 spiro atoms. The molecule has 35 heavy (non-hydrogen) atoms. The molecule has 2 aliphatic rings. The summed E-state index contributed by atoms with van der Waals surface area (Å²) in [7, 11) is -3.77. The summed E-state index contributed by atoms with van der Waals surface area (Å²) in [6.07, 6.45) is 2.93. The van der Waals surface area contributed by atoms with Crippen LogP contribution in [0, 0.1) is 11.8 Å². The molecule has 0 N–H and O–H groups in total. The number of hydrogen-bond donors (Lipinski definition) is 0. The molecule has 4 rings (SSSR count). The second-order valence-corrected chi connectivity index (χ2v) is 11.6. The van der Waals surface area contributed by atoms with E-state index in [0.29, 0.717) is 50.9 Å². The number of carbonyl (C=O) groups is 1. The number of hydrogen-bond acceptors (Lipinski definition) is 5. The normalized spacial score (nSPS) is 16.4. The SMILES string of the molecule is CCc1ccc(N(CC(C)C)S(=O)(=O)c2ccc3c(c2)CCN3C(=O)OCC2CCOCC2)cc1. The minimum atomic E-state index is -3.77. The lowest BCUT2D eigenvalue weighted by Gasteiger charge is -2.27. The van der Waals surface area contributed by atoms with E-state index >= 15 is 0 Å². The largest absolute Gasteiger partial charge is 0.449 e. The maximum Gasteiger partial charge on any atom is 0.414 e. The summed E-state index contributed by atoms with van der Waals surface area (Å²) in [5.41, 5.74) is 3.40. The first-order valence-electron chi connectivity index (χ1n) is 12.6. The third-order valence-corrected chi connectivity index (χ3v) is 8.49. The van der Waals surface area contributed by atoms with Gasteiger partial charge in [0.1, 0.15) is 0 Å². The highest BCUT2D eigenvalue weighted by molar-refractivity contribution is 7.92. The van der Waals surface area contributed by atoms with Crippen molar-refractivity contribution < 1.29 is 22.7 Å². The third kappa shape index (κ3) is 5.81. The van der Waals surface area contributed by atoms with Crippen molar-refractivity contribution in [2.75, 3.05) is 42.1 Å². The summed E-state index contributed by atoms with van der Waals surface area (Å²) in [4.78, 5) is 14.6. The molecule has 190 valence electrons. The number of rotatable bonds is 8. The molecule has 1 saturated heterocycles. The van der Waals surface area contributed by atoms with Gasteiger partial charge in [0.05, 0.1) is 22.9 Å². The number of aryl methyl sites for hydroxylation is 1. The van der Waals surface area contributed by atoms with Gasteiger partial charge in [-0.25, -0.2) is 13.2 Å². The molecule has 0 radical (unpaired) electrons. The van der Waals surface area contributed by atoms with Crippen LogP contribution in [0.3, 0.4) is 0 Å². The van der Waals surface area contributed by atoms with Crippen LogP contribution in [-0.2, 0) is 32.3 Å². The number of fused-ring (bicyclic) bond motifs is 1. The molecule has 2 aliphatic heterocycles. The van der Waals surface area contributed by atoms with E-state index in [1.165, 1.54) is 4.31 Å². The number of amides is 1. The quantitative estimate of drug-likeness (QED) is 0.508. The van der Waals surface area contributed by atoms with Crippen LogP contribution < -0.4 is 9.21 Å². The molecule has 0 bridgehead atoms. The lowest BCUT2D eigenvalue weighted by atomic mass is 10.0. The molecular formula is C27H36N2O5S. The highest BCUT2D eigenvalue weighted by atomic mass is 32.2. The average molecular weight is 501 g/mol. The fourth-order valence-corrected chi connectivity index (χ4v) is 6.29. The minimum absolute atomic E-state index is 0.158. The van der Waals surface area contributed by atoms with Gasteiger partial charge in [0, 0.05) is 26.3 Å². The highest BCUT2D eigenvalue weighted by Gasteiger charge is 2.31. The van der Waals surface area contributed by atoms with Crippen molar-refractivity contribution in [3.63, 3.8) is 0 Å². The fourth-order valence-electron chi connectivity index (χ4n) is 4.61. The second kappa shape index (κ2) is 11.0. The first-order valence-corrected chi connectivity index (χ1v) is 14.0. The Morgan fingerprint density at radius 1 is 1.14 bits per heavy atom. The van der Waals surface area contributed by atoms with Gasteiger partial charge < -0.3 is 9.47 Å². The van der Waals surface area contributed by atoms with Crippen molar-refractivity contribution in [2.45, 2.75) is 51.3 Å². The van der Waals surface area contributed by atoms with E-state index in [1.54, 1.807) is 23.1 Å². The maximum absolute atomic E-state index is 13.7. The van der Waals surface area contributed by atoms with Crippen LogP contribution in [0.4, 0.5) is 16.2 Å². The van der Waals surface area contributed by atoms with Crippen LogP contribution in [0.5, 0.6) is 0 Å². The number of sulfonamides is 1. The Kier molecular flexibility index (Phi) is 8.02. The Hall–Kier alpha value is -2.58. The number of anilines is 2. The molecule has 7 nitrogen and oxygen atoms in total. The van der Waals surface area contributed by atoms with E-state index in [0.717, 1.165) is 36.1 Å². The van der Waals surface area contributed by atoms with Gasteiger partial charge in [-0.1, -0.05) is 32.9 Å². The van der Waals surface area contributed by atoms with Crippen LogP contribution in [0.2, 0.25) is 0 Å². The van der Waals surface area contributed by atoms with Crippen LogP contribution in [0.25, 0.3) is 0 Å². The molecule has 1 amide bonds. The molecule has 2 aromatic carbocycles. The molecule has 0 aromatic heterocycles. The average Bonchev–Trinajstić information content (AvgIpc) is 3.30. The van der Waals surface area contributed by atoms with Gasteiger partial charge in [-0.05, 0) is 79.0 Å². The lowest BCUT2D eigenvalue weighted by molar-refractivity contribution is 0.0393. The minimum Gasteiger partial charge on any atom is -0.449 e. The molecule has 8 heteroatoms. The van der Waals surface area contributed by atoms with Gasteiger partial charge in [0.15, 0.2) is 0 Å². The predicted octanol–water partition coefficient (Wildman–Crippen LogP) is 5.03. The topological polar surface area (TPSA) is 76.2 Å². The van der Waals surface area contributed by atoms with Crippen LogP contribution in [0.15, 0.2) is 47.4 Å². The molecule has 0 aliphatic carbocycles. The van der Waals surface area contributed by atoms with Gasteiger partial charge in [-0.15, -0.1) is 0 Å². The first kappa shape index (κ1) is 25.5. The predicted molar refractivity (Wildman–Crippen MR) is 138 cm³/mol. The van der Waals surface area contributed by atoms with Gasteiger partial charge in [0.25, 0.3) is 10.0 Å². The summed E-state index contributed by atoms with van der Waals surface area (Å²) < 4.78 is 39.9. The Morgan fingerprint density at radius 2 is 1.86 bits per heavy atom. The monoisotopic (exact) mass is 500 g/mol. The Morgan fingerprint density at radius 3 is 2.51 bits per heavy atom. The maximum atomic E-state index is 13.7.